The maximum Gasteiger partial charge on any atom is 0.345 e. The first kappa shape index (κ1) is 12.0. The van der Waals surface area contributed by atoms with Gasteiger partial charge in [0.2, 0.25) is 0 Å². The van der Waals surface area contributed by atoms with Gasteiger partial charge < -0.3 is 9.84 Å². The van der Waals surface area contributed by atoms with E-state index in [1.807, 2.05) is 30.5 Å². The average Bonchev–Trinajstić information content (AvgIpc) is 2.78. The second kappa shape index (κ2) is 5.25. The number of carboxylic acid groups (broad SMARTS) is 1. The van der Waals surface area contributed by atoms with Crippen LogP contribution in [0.2, 0.25) is 0 Å². The van der Waals surface area contributed by atoms with Crippen molar-refractivity contribution in [2.45, 2.75) is 4.90 Å². The van der Waals surface area contributed by atoms with E-state index in [1.54, 1.807) is 23.9 Å². The van der Waals surface area contributed by atoms with Gasteiger partial charge in [0.05, 0.1) is 0 Å². The number of carboxylic acids is 1. The number of thioether (sulfide) groups is 1. The lowest BCUT2D eigenvalue weighted by Gasteiger charge is -2.06. The maximum absolute atomic E-state index is 10.7. The van der Waals surface area contributed by atoms with E-state index in [2.05, 4.69) is 0 Å². The summed E-state index contributed by atoms with van der Waals surface area (Å²) in [6.45, 7) is 0. The molecule has 3 nitrogen and oxygen atoms in total. The standard InChI is InChI=1S/C12H10O3S2/c1-16-9-5-3-2-4-8(9)15-11-7-6-10(17-11)12(13)14/h2-7H,1H3,(H,13,14). The largest absolute Gasteiger partial charge is 0.477 e. The number of benzene rings is 1. The molecule has 1 N–H and O–H groups in total. The molecule has 17 heavy (non-hydrogen) atoms. The lowest BCUT2D eigenvalue weighted by molar-refractivity contribution is 0.0702. The van der Waals surface area contributed by atoms with E-state index in [0.29, 0.717) is 5.06 Å². The van der Waals surface area contributed by atoms with Crippen molar-refractivity contribution in [3.05, 3.63) is 41.3 Å². The zero-order chi connectivity index (χ0) is 12.3. The van der Waals surface area contributed by atoms with E-state index in [1.165, 1.54) is 0 Å². The van der Waals surface area contributed by atoms with E-state index < -0.39 is 5.97 Å². The third-order valence-corrected chi connectivity index (χ3v) is 3.80. The number of para-hydroxylation sites is 1. The molecule has 0 fully saturated rings. The molecule has 1 heterocycles. The summed E-state index contributed by atoms with van der Waals surface area (Å²) in [6.07, 6.45) is 1.97. The lowest BCUT2D eigenvalue weighted by Crippen LogP contribution is -1.89. The van der Waals surface area contributed by atoms with Crippen molar-refractivity contribution in [3.63, 3.8) is 0 Å². The molecule has 0 saturated carbocycles. The van der Waals surface area contributed by atoms with Gasteiger partial charge in [0.15, 0.2) is 5.06 Å². The fraction of sp³-hybridized carbons (Fsp3) is 0.0833. The van der Waals surface area contributed by atoms with Crippen LogP contribution in [-0.4, -0.2) is 17.3 Å². The van der Waals surface area contributed by atoms with E-state index in [9.17, 15) is 4.79 Å². The first-order chi connectivity index (χ1) is 8.20. The first-order valence-corrected chi connectivity index (χ1v) is 6.89. The smallest absolute Gasteiger partial charge is 0.345 e. The molecule has 0 saturated heterocycles. The summed E-state index contributed by atoms with van der Waals surface area (Å²) in [7, 11) is 0. The van der Waals surface area contributed by atoms with Crippen molar-refractivity contribution in [3.8, 4) is 10.8 Å². The zero-order valence-corrected chi connectivity index (χ0v) is 10.7. The van der Waals surface area contributed by atoms with Crippen molar-refractivity contribution >= 4 is 29.1 Å². The van der Waals surface area contributed by atoms with Gasteiger partial charge in [-0.05, 0) is 30.5 Å². The Morgan fingerprint density at radius 1 is 1.29 bits per heavy atom. The van der Waals surface area contributed by atoms with Crippen molar-refractivity contribution in [1.82, 2.24) is 0 Å². The summed E-state index contributed by atoms with van der Waals surface area (Å²) >= 11 is 2.72. The molecule has 0 aliphatic heterocycles. The number of aromatic carboxylic acids is 1. The van der Waals surface area contributed by atoms with Gasteiger partial charge in [-0.25, -0.2) is 4.79 Å². The molecule has 0 bridgehead atoms. The van der Waals surface area contributed by atoms with Crippen molar-refractivity contribution in [1.29, 1.82) is 0 Å². The van der Waals surface area contributed by atoms with Crippen LogP contribution >= 0.6 is 23.1 Å². The molecule has 1 aromatic carbocycles. The molecule has 5 heteroatoms. The number of carbonyl (C=O) groups is 1. The van der Waals surface area contributed by atoms with E-state index >= 15 is 0 Å². The Bertz CT molecular complexity index is 534. The molecule has 0 aliphatic rings. The van der Waals surface area contributed by atoms with Crippen molar-refractivity contribution < 1.29 is 14.6 Å². The molecule has 1 aromatic heterocycles. The summed E-state index contributed by atoms with van der Waals surface area (Å²) in [4.78, 5) is 12.0. The fourth-order valence-corrected chi connectivity index (χ4v) is 2.53. The Labute approximate surface area is 107 Å². The quantitative estimate of drug-likeness (QED) is 0.851. The molecule has 2 aromatic rings. The molecule has 2 rings (SSSR count). The van der Waals surface area contributed by atoms with E-state index in [0.717, 1.165) is 22.0 Å². The Morgan fingerprint density at radius 2 is 2.06 bits per heavy atom. The number of thiophene rings is 1. The van der Waals surface area contributed by atoms with Gasteiger partial charge in [-0.2, -0.15) is 0 Å². The van der Waals surface area contributed by atoms with Crippen LogP contribution in [0, 0.1) is 0 Å². The molecule has 0 aliphatic carbocycles. The Morgan fingerprint density at radius 3 is 2.71 bits per heavy atom. The highest BCUT2D eigenvalue weighted by molar-refractivity contribution is 7.98. The first-order valence-electron chi connectivity index (χ1n) is 4.84. The number of hydrogen-bond donors (Lipinski definition) is 1. The zero-order valence-electron chi connectivity index (χ0n) is 9.04. The van der Waals surface area contributed by atoms with Crippen LogP contribution in [0.4, 0.5) is 0 Å². The average molecular weight is 266 g/mol. The van der Waals surface area contributed by atoms with E-state index in [4.69, 9.17) is 9.84 Å². The maximum atomic E-state index is 10.7. The highest BCUT2D eigenvalue weighted by Gasteiger charge is 2.09. The predicted octanol–water partition coefficient (Wildman–Crippen LogP) is 3.96. The van der Waals surface area contributed by atoms with Crippen LogP contribution in [0.25, 0.3) is 0 Å². The topological polar surface area (TPSA) is 46.5 Å². The van der Waals surface area contributed by atoms with Crippen LogP contribution in [0.3, 0.4) is 0 Å². The molecule has 0 amide bonds. The highest BCUT2D eigenvalue weighted by atomic mass is 32.2. The third kappa shape index (κ3) is 2.81. The van der Waals surface area contributed by atoms with Crippen LogP contribution in [0.1, 0.15) is 9.67 Å². The molecule has 0 radical (unpaired) electrons. The minimum Gasteiger partial charge on any atom is -0.477 e. The molecule has 0 atom stereocenters. The summed E-state index contributed by atoms with van der Waals surface area (Å²) in [5, 5.41) is 9.40. The summed E-state index contributed by atoms with van der Waals surface area (Å²) in [6, 6.07) is 10.9. The predicted molar refractivity (Wildman–Crippen MR) is 69.6 cm³/mol. The highest BCUT2D eigenvalue weighted by Crippen LogP contribution is 2.34. The minimum atomic E-state index is -0.928. The lowest BCUT2D eigenvalue weighted by atomic mass is 10.3. The number of rotatable bonds is 4. The molecule has 88 valence electrons. The molecule has 0 spiro atoms. The van der Waals surface area contributed by atoms with Crippen LogP contribution in [0.15, 0.2) is 41.3 Å². The normalized spacial score (nSPS) is 10.2. The van der Waals surface area contributed by atoms with Crippen LogP contribution in [-0.2, 0) is 0 Å². The number of ether oxygens (including phenoxy) is 1. The second-order valence-corrected chi connectivity index (χ2v) is 5.07. The molecular weight excluding hydrogens is 256 g/mol. The molecule has 0 unspecified atom stereocenters. The van der Waals surface area contributed by atoms with Gasteiger partial charge in [0, 0.05) is 4.90 Å². The van der Waals surface area contributed by atoms with E-state index in [-0.39, 0.29) is 4.88 Å². The Kier molecular flexibility index (Phi) is 3.71. The Balaban J connectivity index is 2.22. The fourth-order valence-electron chi connectivity index (χ4n) is 1.30. The summed E-state index contributed by atoms with van der Waals surface area (Å²) in [5.74, 6) is -0.179. The van der Waals surface area contributed by atoms with Gasteiger partial charge >= 0.3 is 5.97 Å². The molecular formula is C12H10O3S2. The van der Waals surface area contributed by atoms with Crippen molar-refractivity contribution in [2.24, 2.45) is 0 Å². The van der Waals surface area contributed by atoms with Crippen molar-refractivity contribution in [2.75, 3.05) is 6.26 Å². The van der Waals surface area contributed by atoms with Gasteiger partial charge in [-0.1, -0.05) is 23.5 Å². The second-order valence-electron chi connectivity index (χ2n) is 3.18. The number of hydrogen-bond acceptors (Lipinski definition) is 4. The summed E-state index contributed by atoms with van der Waals surface area (Å²) < 4.78 is 5.67. The van der Waals surface area contributed by atoms with Gasteiger partial charge in [-0.15, -0.1) is 11.8 Å². The van der Waals surface area contributed by atoms with Crippen LogP contribution < -0.4 is 4.74 Å². The van der Waals surface area contributed by atoms with Gasteiger partial charge in [0.25, 0.3) is 0 Å². The van der Waals surface area contributed by atoms with Crippen LogP contribution in [0.5, 0.6) is 10.8 Å². The monoisotopic (exact) mass is 266 g/mol. The van der Waals surface area contributed by atoms with Gasteiger partial charge in [-0.3, -0.25) is 0 Å². The third-order valence-electron chi connectivity index (χ3n) is 2.07. The minimum absolute atomic E-state index is 0.279. The van der Waals surface area contributed by atoms with Gasteiger partial charge in [0.1, 0.15) is 10.6 Å². The Hall–Kier alpha value is -1.46. The summed E-state index contributed by atoms with van der Waals surface area (Å²) in [5.41, 5.74) is 0. The SMILES string of the molecule is CSc1ccccc1Oc1ccc(C(=O)O)s1.